The zero-order chi connectivity index (χ0) is 23.8. The third-order valence-electron chi connectivity index (χ3n) is 3.60. The SMILES string of the molecule is O=C(NCCOCCOCCOCCOCCCCCCCl)OCCOC(F)(F)C#CCl. The van der Waals surface area contributed by atoms with E-state index >= 15 is 0 Å². The lowest BCUT2D eigenvalue weighted by molar-refractivity contribution is -0.196. The largest absolute Gasteiger partial charge is 0.447 e. The van der Waals surface area contributed by atoms with Crippen LogP contribution >= 0.6 is 23.2 Å². The highest BCUT2D eigenvalue weighted by molar-refractivity contribution is 6.30. The second kappa shape index (κ2) is 23.2. The van der Waals surface area contributed by atoms with Crippen LogP contribution in [0.4, 0.5) is 13.6 Å². The third kappa shape index (κ3) is 23.7. The molecule has 0 saturated carbocycles. The molecule has 1 N–H and O–H groups in total. The molecule has 0 saturated heterocycles. The quantitative estimate of drug-likeness (QED) is 0.136. The van der Waals surface area contributed by atoms with Crippen LogP contribution < -0.4 is 5.32 Å². The Kier molecular flexibility index (Phi) is 22.6. The van der Waals surface area contributed by atoms with Crippen molar-refractivity contribution in [3.8, 4) is 11.3 Å². The topological polar surface area (TPSA) is 84.5 Å². The summed E-state index contributed by atoms with van der Waals surface area (Å²) < 4.78 is 55.8. The number of unbranched alkanes of at least 4 members (excludes halogenated alkanes) is 3. The average Bonchev–Trinajstić information content (AvgIpc) is 2.76. The van der Waals surface area contributed by atoms with E-state index in [1.165, 1.54) is 11.3 Å². The molecule has 0 aliphatic carbocycles. The summed E-state index contributed by atoms with van der Waals surface area (Å²) in [6, 6.07) is 0. The van der Waals surface area contributed by atoms with Crippen LogP contribution in [0.25, 0.3) is 0 Å². The van der Waals surface area contributed by atoms with E-state index in [4.69, 9.17) is 42.1 Å². The molecule has 32 heavy (non-hydrogen) atoms. The van der Waals surface area contributed by atoms with E-state index in [-0.39, 0.29) is 19.8 Å². The van der Waals surface area contributed by atoms with Gasteiger partial charge in [-0.3, -0.25) is 0 Å². The zero-order valence-electron chi connectivity index (χ0n) is 18.2. The maximum atomic E-state index is 12.8. The van der Waals surface area contributed by atoms with Crippen LogP contribution in [0.1, 0.15) is 25.7 Å². The smallest absolute Gasteiger partial charge is 0.424 e. The molecule has 0 rings (SSSR count). The third-order valence-corrected chi connectivity index (χ3v) is 3.96. The highest BCUT2D eigenvalue weighted by Gasteiger charge is 2.26. The van der Waals surface area contributed by atoms with Crippen LogP contribution in [0, 0.1) is 11.3 Å². The van der Waals surface area contributed by atoms with E-state index in [2.05, 4.69) is 14.8 Å². The van der Waals surface area contributed by atoms with Crippen LogP contribution in [0.15, 0.2) is 0 Å². The number of alkyl carbamates (subject to hydrolysis) is 1. The van der Waals surface area contributed by atoms with Crippen molar-refractivity contribution in [1.29, 1.82) is 0 Å². The van der Waals surface area contributed by atoms with Crippen molar-refractivity contribution < 1.29 is 42.0 Å². The van der Waals surface area contributed by atoms with Crippen molar-refractivity contribution in [3.05, 3.63) is 0 Å². The fraction of sp³-hybridized carbons (Fsp3) is 0.850. The van der Waals surface area contributed by atoms with Gasteiger partial charge in [0, 0.05) is 30.3 Å². The maximum absolute atomic E-state index is 12.8. The molecule has 0 atom stereocenters. The van der Waals surface area contributed by atoms with Gasteiger partial charge in [0.2, 0.25) is 0 Å². The average molecular weight is 508 g/mol. The summed E-state index contributed by atoms with van der Waals surface area (Å²) in [5.41, 5.74) is 0. The number of halogens is 4. The van der Waals surface area contributed by atoms with Crippen LogP contribution in [0.5, 0.6) is 0 Å². The van der Waals surface area contributed by atoms with Crippen LogP contribution in [0.2, 0.25) is 0 Å². The van der Waals surface area contributed by atoms with E-state index in [9.17, 15) is 13.6 Å². The summed E-state index contributed by atoms with van der Waals surface area (Å²) in [4.78, 5) is 11.3. The van der Waals surface area contributed by atoms with E-state index < -0.39 is 18.8 Å². The molecule has 12 heteroatoms. The summed E-state index contributed by atoms with van der Waals surface area (Å²) in [6.45, 7) is 3.07. The second-order valence-electron chi connectivity index (χ2n) is 6.20. The van der Waals surface area contributed by atoms with Crippen molar-refractivity contribution in [1.82, 2.24) is 5.32 Å². The van der Waals surface area contributed by atoms with Crippen molar-refractivity contribution in [2.24, 2.45) is 0 Å². The number of ether oxygens (including phenoxy) is 6. The van der Waals surface area contributed by atoms with E-state index in [1.807, 2.05) is 0 Å². The highest BCUT2D eigenvalue weighted by Crippen LogP contribution is 2.13. The minimum absolute atomic E-state index is 0.198. The van der Waals surface area contributed by atoms with Gasteiger partial charge in [-0.05, 0) is 24.4 Å². The number of amides is 1. The van der Waals surface area contributed by atoms with Gasteiger partial charge in [0.25, 0.3) is 0 Å². The van der Waals surface area contributed by atoms with Crippen LogP contribution in [0.3, 0.4) is 0 Å². The Morgan fingerprint density at radius 1 is 0.781 bits per heavy atom. The van der Waals surface area contributed by atoms with Crippen LogP contribution in [-0.4, -0.2) is 90.7 Å². The lowest BCUT2D eigenvalue weighted by Gasteiger charge is -2.11. The summed E-state index contributed by atoms with van der Waals surface area (Å²) in [6.07, 6.45) is -0.0806. The Labute approximate surface area is 198 Å². The van der Waals surface area contributed by atoms with E-state index in [1.54, 1.807) is 0 Å². The number of nitrogens with one attached hydrogen (secondary N) is 1. The number of alkyl halides is 3. The van der Waals surface area contributed by atoms with E-state index in [0.29, 0.717) is 39.6 Å². The Hall–Kier alpha value is -0.930. The second-order valence-corrected chi connectivity index (χ2v) is 6.77. The van der Waals surface area contributed by atoms with Gasteiger partial charge in [-0.25, -0.2) is 4.79 Å². The standard InChI is InChI=1S/C20H33Cl2F2NO7/c21-6-3-1-2-4-9-27-11-13-29-15-16-30-14-12-28-10-8-25-19(26)31-17-18-32-20(23,24)5-7-22/h1-4,6,8-18H2,(H,25,26). The summed E-state index contributed by atoms with van der Waals surface area (Å²) in [5.74, 6) is 2.08. The number of hydrogen-bond acceptors (Lipinski definition) is 7. The summed E-state index contributed by atoms with van der Waals surface area (Å²) >= 11 is 10.5. The number of rotatable bonds is 22. The van der Waals surface area contributed by atoms with Gasteiger partial charge in [0.15, 0.2) is 0 Å². The zero-order valence-corrected chi connectivity index (χ0v) is 19.7. The molecular formula is C20H33Cl2F2NO7. The lowest BCUT2D eigenvalue weighted by Crippen LogP contribution is -2.30. The first-order chi connectivity index (χ1) is 15.5. The monoisotopic (exact) mass is 507 g/mol. The molecule has 0 aliphatic rings. The van der Waals surface area contributed by atoms with Gasteiger partial charge in [0.1, 0.15) is 6.61 Å². The van der Waals surface area contributed by atoms with Gasteiger partial charge < -0.3 is 33.7 Å². The summed E-state index contributed by atoms with van der Waals surface area (Å²) in [5, 5.41) is 3.93. The first kappa shape index (κ1) is 31.1. The Morgan fingerprint density at radius 2 is 1.34 bits per heavy atom. The van der Waals surface area contributed by atoms with Gasteiger partial charge in [-0.15, -0.1) is 11.6 Å². The first-order valence-electron chi connectivity index (χ1n) is 10.4. The van der Waals surface area contributed by atoms with Crippen molar-refractivity contribution in [2.75, 3.05) is 78.5 Å². The molecule has 0 heterocycles. The molecular weight excluding hydrogens is 475 g/mol. The van der Waals surface area contributed by atoms with Gasteiger partial charge in [-0.2, -0.15) is 8.78 Å². The van der Waals surface area contributed by atoms with E-state index in [0.717, 1.165) is 38.2 Å². The maximum Gasteiger partial charge on any atom is 0.424 e. The molecule has 0 radical (unpaired) electrons. The van der Waals surface area contributed by atoms with Gasteiger partial charge in [0.05, 0.1) is 52.9 Å². The predicted molar refractivity (Wildman–Crippen MR) is 116 cm³/mol. The molecule has 0 unspecified atom stereocenters. The number of carbonyl (C=O) groups is 1. The minimum Gasteiger partial charge on any atom is -0.447 e. The molecule has 0 aliphatic heterocycles. The molecule has 0 fully saturated rings. The summed E-state index contributed by atoms with van der Waals surface area (Å²) in [7, 11) is 0. The van der Waals surface area contributed by atoms with Crippen molar-refractivity contribution >= 4 is 29.3 Å². The van der Waals surface area contributed by atoms with Crippen molar-refractivity contribution in [3.63, 3.8) is 0 Å². The molecule has 0 aromatic heterocycles. The molecule has 0 aromatic carbocycles. The fourth-order valence-electron chi connectivity index (χ4n) is 2.09. The van der Waals surface area contributed by atoms with Crippen molar-refractivity contribution in [2.45, 2.75) is 31.8 Å². The molecule has 1 amide bonds. The van der Waals surface area contributed by atoms with Crippen LogP contribution in [-0.2, 0) is 28.4 Å². The minimum atomic E-state index is -3.68. The number of carbonyl (C=O) groups excluding carboxylic acids is 1. The molecule has 0 spiro atoms. The Morgan fingerprint density at radius 3 is 1.94 bits per heavy atom. The highest BCUT2D eigenvalue weighted by atomic mass is 35.5. The molecule has 188 valence electrons. The first-order valence-corrected chi connectivity index (χ1v) is 11.3. The molecule has 8 nitrogen and oxygen atoms in total. The van der Waals surface area contributed by atoms with Gasteiger partial charge >= 0.3 is 12.2 Å². The molecule has 0 aromatic rings. The number of hydrogen-bond donors (Lipinski definition) is 1. The normalized spacial score (nSPS) is 11.1. The Balaban J connectivity index is 3.24. The van der Waals surface area contributed by atoms with Gasteiger partial charge in [-0.1, -0.05) is 12.8 Å². The Bertz CT molecular complexity index is 508. The molecule has 0 bridgehead atoms. The lowest BCUT2D eigenvalue weighted by atomic mass is 10.2. The predicted octanol–water partition coefficient (Wildman–Crippen LogP) is 3.39. The fourth-order valence-corrected chi connectivity index (χ4v) is 2.38.